The van der Waals surface area contributed by atoms with Crippen LogP contribution in [-0.4, -0.2) is 5.91 Å². The van der Waals surface area contributed by atoms with E-state index in [1.165, 1.54) is 24.3 Å². The van der Waals surface area contributed by atoms with Crippen molar-refractivity contribution in [1.82, 2.24) is 0 Å². The van der Waals surface area contributed by atoms with Crippen molar-refractivity contribution in [2.45, 2.75) is 13.0 Å². The SMILES string of the molecule is C=CCc1cc(/C=C(/C#N)C(=O)Nc2ccccc2F)ccc1OCc1ccccc1. The Morgan fingerprint density at radius 1 is 1.10 bits per heavy atom. The highest BCUT2D eigenvalue weighted by Crippen LogP contribution is 2.24. The molecular formula is C26H21FN2O2. The number of carbonyl (C=O) groups excluding carboxylic acids is 1. The van der Waals surface area contributed by atoms with Gasteiger partial charge in [0.15, 0.2) is 0 Å². The molecule has 3 rings (SSSR count). The molecule has 4 nitrogen and oxygen atoms in total. The molecule has 1 N–H and O–H groups in total. The number of hydrogen-bond donors (Lipinski definition) is 1. The fourth-order valence-corrected chi connectivity index (χ4v) is 2.95. The second kappa shape index (κ2) is 10.6. The Morgan fingerprint density at radius 3 is 2.55 bits per heavy atom. The molecule has 0 spiro atoms. The summed E-state index contributed by atoms with van der Waals surface area (Å²) in [5, 5.41) is 11.9. The molecule has 0 aromatic heterocycles. The Morgan fingerprint density at radius 2 is 1.84 bits per heavy atom. The topological polar surface area (TPSA) is 62.1 Å². The molecule has 0 atom stereocenters. The Bertz CT molecular complexity index is 1150. The molecule has 0 heterocycles. The summed E-state index contributed by atoms with van der Waals surface area (Å²) >= 11 is 0. The van der Waals surface area contributed by atoms with Crippen LogP contribution in [0, 0.1) is 17.1 Å². The number of hydrogen-bond acceptors (Lipinski definition) is 3. The highest BCUT2D eigenvalue weighted by atomic mass is 19.1. The van der Waals surface area contributed by atoms with Crippen molar-refractivity contribution >= 4 is 17.7 Å². The molecule has 5 heteroatoms. The average Bonchev–Trinajstić information content (AvgIpc) is 2.79. The Labute approximate surface area is 180 Å². The Kier molecular flexibility index (Phi) is 7.34. The second-order valence-electron chi connectivity index (χ2n) is 6.74. The third-order valence-electron chi connectivity index (χ3n) is 4.48. The standard InChI is InChI=1S/C26H21FN2O2/c1-2-8-21-15-20(13-14-25(21)31-18-19-9-4-3-5-10-19)16-22(17-28)26(30)29-24-12-7-6-11-23(24)27/h2-7,9-16H,1,8,18H2,(H,29,30)/b22-16-. The van der Waals surface area contributed by atoms with Gasteiger partial charge in [-0.15, -0.1) is 6.58 Å². The van der Waals surface area contributed by atoms with Crippen molar-refractivity contribution in [1.29, 1.82) is 5.26 Å². The second-order valence-corrected chi connectivity index (χ2v) is 6.74. The summed E-state index contributed by atoms with van der Waals surface area (Å²) < 4.78 is 19.7. The van der Waals surface area contributed by atoms with E-state index in [9.17, 15) is 14.4 Å². The van der Waals surface area contributed by atoms with Gasteiger partial charge in [-0.3, -0.25) is 4.79 Å². The van der Waals surface area contributed by atoms with Crippen molar-refractivity contribution in [3.05, 3.63) is 114 Å². The largest absolute Gasteiger partial charge is 0.489 e. The molecule has 0 radical (unpaired) electrons. The monoisotopic (exact) mass is 412 g/mol. The summed E-state index contributed by atoms with van der Waals surface area (Å²) in [7, 11) is 0. The van der Waals surface area contributed by atoms with Gasteiger partial charge in [-0.2, -0.15) is 5.26 Å². The molecule has 3 aromatic rings. The highest BCUT2D eigenvalue weighted by molar-refractivity contribution is 6.09. The van der Waals surface area contributed by atoms with Crippen LogP contribution in [0.3, 0.4) is 0 Å². The molecule has 3 aromatic carbocycles. The third-order valence-corrected chi connectivity index (χ3v) is 4.48. The minimum atomic E-state index is -0.678. The summed E-state index contributed by atoms with van der Waals surface area (Å²) in [4.78, 5) is 12.4. The van der Waals surface area contributed by atoms with Crippen molar-refractivity contribution in [2.24, 2.45) is 0 Å². The van der Waals surface area contributed by atoms with E-state index in [1.54, 1.807) is 24.3 Å². The zero-order chi connectivity index (χ0) is 22.1. The van der Waals surface area contributed by atoms with Gasteiger partial charge in [-0.1, -0.05) is 54.6 Å². The van der Waals surface area contributed by atoms with Crippen LogP contribution in [0.15, 0.2) is 91.0 Å². The van der Waals surface area contributed by atoms with Crippen LogP contribution in [0.25, 0.3) is 6.08 Å². The molecule has 0 aliphatic carbocycles. The Balaban J connectivity index is 1.80. The zero-order valence-electron chi connectivity index (χ0n) is 16.8. The molecule has 1 amide bonds. The first-order chi connectivity index (χ1) is 15.1. The van der Waals surface area contributed by atoms with E-state index in [1.807, 2.05) is 42.5 Å². The van der Waals surface area contributed by atoms with Crippen molar-refractivity contribution in [3.63, 3.8) is 0 Å². The van der Waals surface area contributed by atoms with E-state index >= 15 is 0 Å². The third kappa shape index (κ3) is 5.91. The van der Waals surface area contributed by atoms with Crippen LogP contribution in [0.2, 0.25) is 0 Å². The van der Waals surface area contributed by atoms with Gasteiger partial charge >= 0.3 is 0 Å². The summed E-state index contributed by atoms with van der Waals surface area (Å²) in [6, 6.07) is 22.9. The number of carbonyl (C=O) groups is 1. The maximum atomic E-state index is 13.8. The lowest BCUT2D eigenvalue weighted by Gasteiger charge is -2.12. The predicted octanol–water partition coefficient (Wildman–Crippen LogP) is 5.68. The lowest BCUT2D eigenvalue weighted by molar-refractivity contribution is -0.112. The van der Waals surface area contributed by atoms with E-state index < -0.39 is 11.7 Å². The van der Waals surface area contributed by atoms with Gasteiger partial charge in [0.1, 0.15) is 29.8 Å². The molecule has 0 saturated carbocycles. The number of anilines is 1. The lowest BCUT2D eigenvalue weighted by atomic mass is 10.0. The first-order valence-corrected chi connectivity index (χ1v) is 9.69. The fourth-order valence-electron chi connectivity index (χ4n) is 2.95. The molecule has 0 unspecified atom stereocenters. The minimum absolute atomic E-state index is 0.0191. The quantitative estimate of drug-likeness (QED) is 0.294. The number of amides is 1. The van der Waals surface area contributed by atoms with E-state index in [0.717, 1.165) is 11.1 Å². The summed E-state index contributed by atoms with van der Waals surface area (Å²) in [5.74, 6) is -0.543. The average molecular weight is 412 g/mol. The number of ether oxygens (including phenoxy) is 1. The number of benzene rings is 3. The summed E-state index contributed by atoms with van der Waals surface area (Å²) in [6.07, 6.45) is 3.78. The number of nitriles is 1. The van der Waals surface area contributed by atoms with E-state index in [-0.39, 0.29) is 11.3 Å². The maximum Gasteiger partial charge on any atom is 0.266 e. The molecule has 0 saturated heterocycles. The van der Waals surface area contributed by atoms with Gasteiger partial charge in [-0.05, 0) is 53.5 Å². The molecule has 31 heavy (non-hydrogen) atoms. The molecule has 0 bridgehead atoms. The van der Waals surface area contributed by atoms with Crippen LogP contribution in [0.1, 0.15) is 16.7 Å². The van der Waals surface area contributed by atoms with Gasteiger partial charge in [0.05, 0.1) is 5.69 Å². The van der Waals surface area contributed by atoms with Gasteiger partial charge in [0, 0.05) is 0 Å². The van der Waals surface area contributed by atoms with E-state index in [4.69, 9.17) is 4.74 Å². The van der Waals surface area contributed by atoms with Crippen molar-refractivity contribution in [2.75, 3.05) is 5.32 Å². The number of nitrogens with zero attached hydrogens (tertiary/aromatic N) is 1. The lowest BCUT2D eigenvalue weighted by Crippen LogP contribution is -2.14. The van der Waals surface area contributed by atoms with Crippen LogP contribution in [0.5, 0.6) is 5.75 Å². The molecule has 0 aliphatic heterocycles. The summed E-state index contributed by atoms with van der Waals surface area (Å²) in [6.45, 7) is 4.21. The predicted molar refractivity (Wildman–Crippen MR) is 120 cm³/mol. The zero-order valence-corrected chi connectivity index (χ0v) is 16.8. The van der Waals surface area contributed by atoms with Gasteiger partial charge in [0.2, 0.25) is 0 Å². The van der Waals surface area contributed by atoms with Crippen LogP contribution < -0.4 is 10.1 Å². The van der Waals surface area contributed by atoms with E-state index in [2.05, 4.69) is 11.9 Å². The normalized spacial score (nSPS) is 10.8. The van der Waals surface area contributed by atoms with Gasteiger partial charge in [-0.25, -0.2) is 4.39 Å². The van der Waals surface area contributed by atoms with Gasteiger partial charge < -0.3 is 10.1 Å². The smallest absolute Gasteiger partial charge is 0.266 e. The Hall–Kier alpha value is -4.17. The first kappa shape index (κ1) is 21.5. The van der Waals surface area contributed by atoms with E-state index in [0.29, 0.717) is 24.3 Å². The minimum Gasteiger partial charge on any atom is -0.489 e. The van der Waals surface area contributed by atoms with Crippen molar-refractivity contribution < 1.29 is 13.9 Å². The molecule has 154 valence electrons. The summed E-state index contributed by atoms with van der Waals surface area (Å²) in [5.41, 5.74) is 2.47. The molecular weight excluding hydrogens is 391 g/mol. The van der Waals surface area contributed by atoms with Gasteiger partial charge in [0.25, 0.3) is 5.91 Å². The maximum absolute atomic E-state index is 13.8. The molecule has 0 fully saturated rings. The number of rotatable bonds is 8. The van der Waals surface area contributed by atoms with Crippen LogP contribution in [0.4, 0.5) is 10.1 Å². The highest BCUT2D eigenvalue weighted by Gasteiger charge is 2.12. The van der Waals surface area contributed by atoms with Crippen molar-refractivity contribution in [3.8, 4) is 11.8 Å². The number of nitrogens with one attached hydrogen (secondary N) is 1. The molecule has 0 aliphatic rings. The fraction of sp³-hybridized carbons (Fsp3) is 0.0769. The number of para-hydroxylation sites is 1. The van der Waals surface area contributed by atoms with Crippen LogP contribution >= 0.6 is 0 Å². The number of allylic oxidation sites excluding steroid dienone is 1. The first-order valence-electron chi connectivity index (χ1n) is 9.69. The van der Waals surface area contributed by atoms with Crippen LogP contribution in [-0.2, 0) is 17.8 Å². The number of halogens is 1.